The molecular formula is C28H42N2O6. The van der Waals surface area contributed by atoms with Gasteiger partial charge in [-0.25, -0.2) is 4.79 Å². The molecular weight excluding hydrogens is 460 g/mol. The summed E-state index contributed by atoms with van der Waals surface area (Å²) in [7, 11) is 0. The number of nitrogens with one attached hydrogen (secondary N) is 1. The van der Waals surface area contributed by atoms with E-state index >= 15 is 0 Å². The van der Waals surface area contributed by atoms with Crippen molar-refractivity contribution in [3.8, 4) is 0 Å². The SMILES string of the molecule is Cc1ccc(NC(=O)O[C@H]2CC[C@@]3(C)[C@@H](CC[C@@H](O)[C@H]3CC(=O)N3CCC[C@H]3CO)[C@]2(C)CO)cc1. The van der Waals surface area contributed by atoms with Gasteiger partial charge in [-0.2, -0.15) is 0 Å². The van der Waals surface area contributed by atoms with Crippen molar-refractivity contribution < 1.29 is 29.6 Å². The van der Waals surface area contributed by atoms with E-state index in [2.05, 4.69) is 12.2 Å². The molecule has 7 atom stereocenters. The van der Waals surface area contributed by atoms with E-state index in [4.69, 9.17) is 4.74 Å². The van der Waals surface area contributed by atoms with E-state index in [9.17, 15) is 24.9 Å². The van der Waals surface area contributed by atoms with Crippen LogP contribution in [0.15, 0.2) is 24.3 Å². The van der Waals surface area contributed by atoms with Crippen LogP contribution in [0.1, 0.15) is 64.4 Å². The Morgan fingerprint density at radius 3 is 2.50 bits per heavy atom. The lowest BCUT2D eigenvalue weighted by Gasteiger charge is -2.60. The number of aliphatic hydroxyl groups is 3. The number of nitrogens with zero attached hydrogens (tertiary/aromatic N) is 1. The van der Waals surface area contributed by atoms with E-state index in [0.29, 0.717) is 37.9 Å². The zero-order valence-corrected chi connectivity index (χ0v) is 21.8. The number of fused-ring (bicyclic) bond motifs is 1. The molecule has 1 aliphatic heterocycles. The van der Waals surface area contributed by atoms with E-state index < -0.39 is 23.7 Å². The number of hydrogen-bond acceptors (Lipinski definition) is 6. The number of rotatable bonds is 6. The number of aryl methyl sites for hydroxylation is 1. The zero-order chi connectivity index (χ0) is 26.1. The first kappa shape index (κ1) is 26.9. The van der Waals surface area contributed by atoms with Gasteiger partial charge in [0.2, 0.25) is 5.91 Å². The van der Waals surface area contributed by atoms with Crippen molar-refractivity contribution in [2.75, 3.05) is 25.1 Å². The first-order chi connectivity index (χ1) is 17.1. The first-order valence-corrected chi connectivity index (χ1v) is 13.4. The maximum atomic E-state index is 13.3. The predicted molar refractivity (Wildman–Crippen MR) is 136 cm³/mol. The Labute approximate surface area is 214 Å². The van der Waals surface area contributed by atoms with Crippen LogP contribution >= 0.6 is 0 Å². The van der Waals surface area contributed by atoms with Gasteiger partial charge in [-0.05, 0) is 74.8 Å². The summed E-state index contributed by atoms with van der Waals surface area (Å²) >= 11 is 0. The third kappa shape index (κ3) is 5.00. The Bertz CT molecular complexity index is 938. The number of anilines is 1. The third-order valence-corrected chi connectivity index (χ3v) is 9.53. The third-order valence-electron chi connectivity index (χ3n) is 9.53. The molecule has 0 spiro atoms. The van der Waals surface area contributed by atoms with Crippen LogP contribution in [0.3, 0.4) is 0 Å². The predicted octanol–water partition coefficient (Wildman–Crippen LogP) is 3.47. The van der Waals surface area contributed by atoms with Gasteiger partial charge in [0.05, 0.1) is 25.4 Å². The van der Waals surface area contributed by atoms with E-state index in [1.54, 1.807) is 4.90 Å². The minimum atomic E-state index is -0.694. The summed E-state index contributed by atoms with van der Waals surface area (Å²) in [5, 5.41) is 34.1. The molecule has 0 bridgehead atoms. The molecule has 2 aliphatic carbocycles. The number of carbonyl (C=O) groups is 2. The highest BCUT2D eigenvalue weighted by atomic mass is 16.6. The number of aliphatic hydroxyl groups excluding tert-OH is 3. The summed E-state index contributed by atoms with van der Waals surface area (Å²) < 4.78 is 5.90. The summed E-state index contributed by atoms with van der Waals surface area (Å²) in [5.41, 5.74) is 0.671. The molecule has 200 valence electrons. The fourth-order valence-electron chi connectivity index (χ4n) is 7.35. The number of carbonyl (C=O) groups excluding carboxylic acids is 2. The van der Waals surface area contributed by atoms with Gasteiger partial charge in [-0.3, -0.25) is 10.1 Å². The fraction of sp³-hybridized carbons (Fsp3) is 0.714. The molecule has 1 aromatic carbocycles. The molecule has 1 saturated heterocycles. The van der Waals surface area contributed by atoms with Crippen LogP contribution in [0, 0.1) is 29.6 Å². The molecule has 0 unspecified atom stereocenters. The molecule has 8 heteroatoms. The van der Waals surface area contributed by atoms with E-state index in [0.717, 1.165) is 18.4 Å². The van der Waals surface area contributed by atoms with Crippen molar-refractivity contribution in [3.63, 3.8) is 0 Å². The van der Waals surface area contributed by atoms with Gasteiger partial charge in [0.15, 0.2) is 0 Å². The van der Waals surface area contributed by atoms with Gasteiger partial charge in [-0.1, -0.05) is 31.5 Å². The maximum absolute atomic E-state index is 13.3. The molecule has 0 aromatic heterocycles. The second kappa shape index (κ2) is 10.7. The Morgan fingerprint density at radius 2 is 1.83 bits per heavy atom. The van der Waals surface area contributed by atoms with Gasteiger partial charge >= 0.3 is 6.09 Å². The standard InChI is InChI=1S/C28H42N2O6/c1-18-6-8-19(9-7-18)29-26(35)36-24-12-13-27(2)21(15-25(34)30-14-4-5-20(30)16-31)22(33)10-11-23(27)28(24,3)17-32/h6-9,20-24,31-33H,4-5,10-17H2,1-3H3,(H,29,35)/t20-,21+,22+,23+,24-,27+,28-/m0/s1. The highest BCUT2D eigenvalue weighted by molar-refractivity contribution is 5.84. The highest BCUT2D eigenvalue weighted by Gasteiger charge is 2.60. The normalized spacial score (nSPS) is 36.3. The molecule has 1 aromatic rings. The Balaban J connectivity index is 1.49. The minimum Gasteiger partial charge on any atom is -0.445 e. The van der Waals surface area contributed by atoms with Crippen LogP contribution in [0.25, 0.3) is 0 Å². The number of hydrogen-bond donors (Lipinski definition) is 4. The van der Waals surface area contributed by atoms with Crippen LogP contribution in [0.5, 0.6) is 0 Å². The van der Waals surface area contributed by atoms with Crippen molar-refractivity contribution in [1.29, 1.82) is 0 Å². The molecule has 2 amide bonds. The fourth-order valence-corrected chi connectivity index (χ4v) is 7.35. The van der Waals surface area contributed by atoms with Crippen molar-refractivity contribution in [1.82, 2.24) is 4.90 Å². The molecule has 0 radical (unpaired) electrons. The molecule has 3 fully saturated rings. The number of amides is 2. The Kier molecular flexibility index (Phi) is 7.98. The van der Waals surface area contributed by atoms with E-state index in [1.165, 1.54) is 0 Å². The van der Waals surface area contributed by atoms with Crippen LogP contribution in [-0.4, -0.2) is 70.2 Å². The summed E-state index contributed by atoms with van der Waals surface area (Å²) in [4.78, 5) is 27.8. The second-order valence-electron chi connectivity index (χ2n) is 11.7. The van der Waals surface area contributed by atoms with E-state index in [1.807, 2.05) is 38.1 Å². The van der Waals surface area contributed by atoms with Gasteiger partial charge in [0.25, 0.3) is 0 Å². The van der Waals surface area contributed by atoms with E-state index in [-0.39, 0.29) is 48.8 Å². The Morgan fingerprint density at radius 1 is 1.11 bits per heavy atom. The summed E-state index contributed by atoms with van der Waals surface area (Å²) in [5.74, 6) is -0.287. The molecule has 4 N–H and O–H groups in total. The van der Waals surface area contributed by atoms with Crippen LogP contribution < -0.4 is 5.32 Å². The molecule has 36 heavy (non-hydrogen) atoms. The lowest BCUT2D eigenvalue weighted by atomic mass is 9.46. The summed E-state index contributed by atoms with van der Waals surface area (Å²) in [6, 6.07) is 7.34. The average Bonchev–Trinajstić information content (AvgIpc) is 3.34. The molecule has 3 aliphatic rings. The van der Waals surface area contributed by atoms with Crippen LogP contribution in [0.2, 0.25) is 0 Å². The van der Waals surface area contributed by atoms with Crippen molar-refractivity contribution >= 4 is 17.7 Å². The number of likely N-dealkylation sites (tertiary alicyclic amines) is 1. The lowest BCUT2D eigenvalue weighted by molar-refractivity contribution is -0.186. The molecule has 2 saturated carbocycles. The topological polar surface area (TPSA) is 119 Å². The van der Waals surface area contributed by atoms with Crippen molar-refractivity contribution in [2.24, 2.45) is 22.7 Å². The maximum Gasteiger partial charge on any atom is 0.411 e. The van der Waals surface area contributed by atoms with Crippen LogP contribution in [0.4, 0.5) is 10.5 Å². The largest absolute Gasteiger partial charge is 0.445 e. The zero-order valence-electron chi connectivity index (χ0n) is 21.8. The Hall–Kier alpha value is -2.16. The molecule has 1 heterocycles. The molecule has 4 rings (SSSR count). The second-order valence-corrected chi connectivity index (χ2v) is 11.7. The van der Waals surface area contributed by atoms with Crippen molar-refractivity contribution in [2.45, 2.75) is 84.0 Å². The minimum absolute atomic E-state index is 0.0148. The lowest BCUT2D eigenvalue weighted by Crippen LogP contribution is -2.61. The quantitative estimate of drug-likeness (QED) is 0.473. The number of benzene rings is 1. The summed E-state index contributed by atoms with van der Waals surface area (Å²) in [6.07, 6.45) is 2.77. The summed E-state index contributed by atoms with van der Waals surface area (Å²) in [6.45, 7) is 6.54. The van der Waals surface area contributed by atoms with Gasteiger partial charge < -0.3 is 25.0 Å². The van der Waals surface area contributed by atoms with Gasteiger partial charge in [0.1, 0.15) is 6.10 Å². The first-order valence-electron chi connectivity index (χ1n) is 13.4. The van der Waals surface area contributed by atoms with Gasteiger partial charge in [0, 0.05) is 24.1 Å². The molecule has 8 nitrogen and oxygen atoms in total. The smallest absolute Gasteiger partial charge is 0.411 e. The monoisotopic (exact) mass is 502 g/mol. The highest BCUT2D eigenvalue weighted by Crippen LogP contribution is 2.61. The number of ether oxygens (including phenoxy) is 1. The average molecular weight is 503 g/mol. The van der Waals surface area contributed by atoms with Gasteiger partial charge in [-0.15, -0.1) is 0 Å². The van der Waals surface area contributed by atoms with Crippen molar-refractivity contribution in [3.05, 3.63) is 29.8 Å². The van der Waals surface area contributed by atoms with Crippen LogP contribution in [-0.2, 0) is 9.53 Å².